The van der Waals surface area contributed by atoms with Crippen molar-refractivity contribution in [3.05, 3.63) is 102 Å². The van der Waals surface area contributed by atoms with Gasteiger partial charge in [-0.3, -0.25) is 4.79 Å². The number of nitrogens with two attached hydrogens (primary N) is 1. The molecule has 0 aliphatic heterocycles. The fourth-order valence-corrected chi connectivity index (χ4v) is 3.39. The SMILES string of the molecule is NC(=O)c1ccc(Oc2cccc3c(CNCCc4ccccc4)cccc23)nc1. The Hall–Kier alpha value is -3.70. The Bertz CT molecular complexity index is 1140. The minimum Gasteiger partial charge on any atom is -0.438 e. The molecule has 4 rings (SSSR count). The third-order valence-corrected chi connectivity index (χ3v) is 4.96. The van der Waals surface area contributed by atoms with E-state index in [2.05, 4.69) is 46.7 Å². The first-order valence-electron chi connectivity index (χ1n) is 9.90. The lowest BCUT2D eigenvalue weighted by Gasteiger charge is -2.12. The van der Waals surface area contributed by atoms with Crippen molar-refractivity contribution < 1.29 is 9.53 Å². The first-order chi connectivity index (χ1) is 14.7. The third kappa shape index (κ3) is 4.64. The fraction of sp³-hybridized carbons (Fsp3) is 0.120. The van der Waals surface area contributed by atoms with E-state index in [4.69, 9.17) is 10.5 Å². The summed E-state index contributed by atoms with van der Waals surface area (Å²) in [6.45, 7) is 1.69. The number of ether oxygens (including phenoxy) is 1. The summed E-state index contributed by atoms with van der Waals surface area (Å²) in [5.74, 6) is 0.625. The molecule has 3 aromatic carbocycles. The molecule has 1 amide bonds. The molecule has 0 bridgehead atoms. The predicted molar refractivity (Wildman–Crippen MR) is 119 cm³/mol. The van der Waals surface area contributed by atoms with E-state index in [1.54, 1.807) is 12.1 Å². The van der Waals surface area contributed by atoms with Gasteiger partial charge in [-0.15, -0.1) is 0 Å². The minimum atomic E-state index is -0.511. The van der Waals surface area contributed by atoms with Gasteiger partial charge in [0.15, 0.2) is 0 Å². The summed E-state index contributed by atoms with van der Waals surface area (Å²) in [6.07, 6.45) is 2.41. The number of hydrogen-bond donors (Lipinski definition) is 2. The molecular formula is C25H23N3O2. The minimum absolute atomic E-state index is 0.351. The second-order valence-electron chi connectivity index (χ2n) is 7.03. The Morgan fingerprint density at radius 2 is 1.70 bits per heavy atom. The Morgan fingerprint density at radius 1 is 0.900 bits per heavy atom. The number of benzene rings is 3. The van der Waals surface area contributed by atoms with Crippen LogP contribution in [0, 0.1) is 0 Å². The van der Waals surface area contributed by atoms with Crippen molar-refractivity contribution in [1.29, 1.82) is 0 Å². The average molecular weight is 397 g/mol. The normalized spacial score (nSPS) is 10.8. The van der Waals surface area contributed by atoms with Gasteiger partial charge in [0.05, 0.1) is 5.56 Å². The summed E-state index contributed by atoms with van der Waals surface area (Å²) in [5, 5.41) is 5.68. The molecule has 1 aromatic heterocycles. The molecule has 0 atom stereocenters. The number of nitrogens with one attached hydrogen (secondary N) is 1. The molecule has 0 saturated heterocycles. The van der Waals surface area contributed by atoms with Crippen LogP contribution in [0.3, 0.4) is 0 Å². The number of fused-ring (bicyclic) bond motifs is 1. The van der Waals surface area contributed by atoms with Crippen LogP contribution < -0.4 is 15.8 Å². The molecule has 150 valence electrons. The standard InChI is InChI=1S/C25H23N3O2/c26-25(29)20-12-13-24(28-17-20)30-23-11-5-9-21-19(8-4-10-22(21)23)16-27-15-14-18-6-2-1-3-7-18/h1-13,17,27H,14-16H2,(H2,26,29). The highest BCUT2D eigenvalue weighted by atomic mass is 16.5. The summed E-state index contributed by atoms with van der Waals surface area (Å²) in [7, 11) is 0. The maximum absolute atomic E-state index is 11.2. The molecule has 1 heterocycles. The topological polar surface area (TPSA) is 77.2 Å². The van der Waals surface area contributed by atoms with Crippen LogP contribution in [0.5, 0.6) is 11.6 Å². The molecule has 0 unspecified atom stereocenters. The summed E-state index contributed by atoms with van der Waals surface area (Å²) >= 11 is 0. The molecule has 4 aromatic rings. The van der Waals surface area contributed by atoms with Crippen molar-refractivity contribution in [2.45, 2.75) is 13.0 Å². The van der Waals surface area contributed by atoms with Gasteiger partial charge in [0, 0.05) is 24.2 Å². The van der Waals surface area contributed by atoms with Gasteiger partial charge in [-0.2, -0.15) is 0 Å². The summed E-state index contributed by atoms with van der Waals surface area (Å²) in [6, 6.07) is 25.9. The van der Waals surface area contributed by atoms with Crippen LogP contribution in [-0.2, 0) is 13.0 Å². The summed E-state index contributed by atoms with van der Waals surface area (Å²) in [5.41, 5.74) is 8.15. The molecule has 5 heteroatoms. The highest BCUT2D eigenvalue weighted by Crippen LogP contribution is 2.31. The summed E-state index contributed by atoms with van der Waals surface area (Å²) < 4.78 is 5.98. The van der Waals surface area contributed by atoms with Crippen LogP contribution in [0.4, 0.5) is 0 Å². The lowest BCUT2D eigenvalue weighted by molar-refractivity contribution is 0.1000. The molecular weight excluding hydrogens is 374 g/mol. The number of hydrogen-bond acceptors (Lipinski definition) is 4. The number of carbonyl (C=O) groups excluding carboxylic acids is 1. The van der Waals surface area contributed by atoms with E-state index in [0.717, 1.165) is 36.0 Å². The molecule has 30 heavy (non-hydrogen) atoms. The van der Waals surface area contributed by atoms with Gasteiger partial charge in [-0.1, -0.05) is 60.7 Å². The highest BCUT2D eigenvalue weighted by molar-refractivity contribution is 5.92. The van der Waals surface area contributed by atoms with E-state index in [9.17, 15) is 4.79 Å². The zero-order chi connectivity index (χ0) is 20.8. The zero-order valence-corrected chi connectivity index (χ0v) is 16.5. The third-order valence-electron chi connectivity index (χ3n) is 4.96. The molecule has 0 aliphatic carbocycles. The van der Waals surface area contributed by atoms with Crippen molar-refractivity contribution in [3.8, 4) is 11.6 Å². The van der Waals surface area contributed by atoms with E-state index in [1.807, 2.05) is 30.3 Å². The van der Waals surface area contributed by atoms with Gasteiger partial charge in [0.1, 0.15) is 5.75 Å². The number of carbonyl (C=O) groups is 1. The van der Waals surface area contributed by atoms with E-state index >= 15 is 0 Å². The molecule has 5 nitrogen and oxygen atoms in total. The maximum atomic E-state index is 11.2. The second-order valence-corrected chi connectivity index (χ2v) is 7.03. The van der Waals surface area contributed by atoms with E-state index in [-0.39, 0.29) is 0 Å². The van der Waals surface area contributed by atoms with E-state index < -0.39 is 5.91 Å². The van der Waals surface area contributed by atoms with Gasteiger partial charge in [-0.25, -0.2) is 4.98 Å². The molecule has 0 aliphatic rings. The number of nitrogens with zero attached hydrogens (tertiary/aromatic N) is 1. The van der Waals surface area contributed by atoms with Crippen molar-refractivity contribution in [1.82, 2.24) is 10.3 Å². The van der Waals surface area contributed by atoms with Gasteiger partial charge in [0.25, 0.3) is 0 Å². The zero-order valence-electron chi connectivity index (χ0n) is 16.5. The van der Waals surface area contributed by atoms with Crippen LogP contribution in [-0.4, -0.2) is 17.4 Å². The largest absolute Gasteiger partial charge is 0.438 e. The van der Waals surface area contributed by atoms with Crippen LogP contribution in [0.2, 0.25) is 0 Å². The monoisotopic (exact) mass is 397 g/mol. The van der Waals surface area contributed by atoms with Crippen LogP contribution in [0.1, 0.15) is 21.5 Å². The Balaban J connectivity index is 1.47. The number of aromatic nitrogens is 1. The lowest BCUT2D eigenvalue weighted by atomic mass is 10.0. The van der Waals surface area contributed by atoms with Crippen molar-refractivity contribution in [2.75, 3.05) is 6.54 Å². The van der Waals surface area contributed by atoms with Gasteiger partial charge in [-0.05, 0) is 41.6 Å². The molecule has 0 spiro atoms. The van der Waals surface area contributed by atoms with Crippen molar-refractivity contribution in [3.63, 3.8) is 0 Å². The van der Waals surface area contributed by atoms with Crippen molar-refractivity contribution >= 4 is 16.7 Å². The maximum Gasteiger partial charge on any atom is 0.250 e. The number of rotatable bonds is 8. The van der Waals surface area contributed by atoms with E-state index in [0.29, 0.717) is 11.4 Å². The van der Waals surface area contributed by atoms with Crippen LogP contribution in [0.15, 0.2) is 85.1 Å². The highest BCUT2D eigenvalue weighted by Gasteiger charge is 2.08. The van der Waals surface area contributed by atoms with Gasteiger partial charge < -0.3 is 15.8 Å². The fourth-order valence-electron chi connectivity index (χ4n) is 3.39. The molecule has 3 N–H and O–H groups in total. The molecule has 0 saturated carbocycles. The Labute approximate surface area is 175 Å². The van der Waals surface area contributed by atoms with Gasteiger partial charge in [0.2, 0.25) is 11.8 Å². The first-order valence-corrected chi connectivity index (χ1v) is 9.90. The molecule has 0 radical (unpaired) electrons. The van der Waals surface area contributed by atoms with Crippen molar-refractivity contribution in [2.24, 2.45) is 5.73 Å². The Kier molecular flexibility index (Phi) is 6.01. The number of amides is 1. The lowest BCUT2D eigenvalue weighted by Crippen LogP contribution is -2.16. The first kappa shape index (κ1) is 19.6. The summed E-state index contributed by atoms with van der Waals surface area (Å²) in [4.78, 5) is 15.4. The molecule has 0 fully saturated rings. The van der Waals surface area contributed by atoms with E-state index in [1.165, 1.54) is 17.3 Å². The predicted octanol–water partition coefficient (Wildman–Crippen LogP) is 4.46. The van der Waals surface area contributed by atoms with Crippen LogP contribution in [0.25, 0.3) is 10.8 Å². The second kappa shape index (κ2) is 9.20. The Morgan fingerprint density at radius 3 is 2.47 bits per heavy atom. The van der Waals surface area contributed by atoms with Gasteiger partial charge >= 0.3 is 0 Å². The smallest absolute Gasteiger partial charge is 0.250 e. The van der Waals surface area contributed by atoms with Crippen LogP contribution >= 0.6 is 0 Å². The number of pyridine rings is 1. The number of primary amides is 1. The quantitative estimate of drug-likeness (QED) is 0.431. The average Bonchev–Trinajstić information content (AvgIpc) is 2.78.